The number of likely N-dealkylation sites (N-methyl/N-ethyl adjacent to an activating group) is 2. The topological polar surface area (TPSA) is 34.1 Å². The van der Waals surface area contributed by atoms with E-state index in [-0.39, 0.29) is 24.0 Å². The van der Waals surface area contributed by atoms with Crippen LogP contribution in [0.25, 0.3) is 0 Å². The van der Waals surface area contributed by atoms with Crippen molar-refractivity contribution in [3.05, 3.63) is 35.4 Å². The molecule has 6 heteroatoms. The van der Waals surface area contributed by atoms with E-state index in [4.69, 9.17) is 0 Å². The lowest BCUT2D eigenvalue weighted by Crippen LogP contribution is -2.43. The molecule has 0 amide bonds. The molecule has 128 valence electrons. The fourth-order valence-electron chi connectivity index (χ4n) is 2.93. The second-order valence-corrected chi connectivity index (χ2v) is 6.38. The van der Waals surface area contributed by atoms with Gasteiger partial charge in [0.1, 0.15) is 0 Å². The van der Waals surface area contributed by atoms with E-state index in [9.17, 15) is 0 Å². The Morgan fingerprint density at radius 2 is 1.61 bits per heavy atom. The Morgan fingerprint density at radius 1 is 0.957 bits per heavy atom. The molecule has 0 saturated carbocycles. The predicted molar refractivity (Wildman–Crippen MR) is 106 cm³/mol. The molecule has 1 aromatic rings. The fraction of sp³-hybridized carbons (Fsp3) is 0.588. The van der Waals surface area contributed by atoms with Crippen LogP contribution in [0.15, 0.2) is 29.3 Å². The standard InChI is InChI=1S/C17H27N5.HI/c1-20-9-11-22(12-10-20)14-16-5-3-15(4-6-16)13-19-17-18-7-8-21(17)2;/h3-6H,7-14H2,1-2H3,(H,18,19);1H. The Morgan fingerprint density at radius 3 is 2.22 bits per heavy atom. The van der Waals surface area contributed by atoms with E-state index in [0.717, 1.165) is 32.1 Å². The van der Waals surface area contributed by atoms with Gasteiger partial charge < -0.3 is 15.1 Å². The molecule has 1 fully saturated rings. The number of aliphatic imine (C=N–C) groups is 1. The summed E-state index contributed by atoms with van der Waals surface area (Å²) >= 11 is 0. The predicted octanol–water partition coefficient (Wildman–Crippen LogP) is 1.44. The van der Waals surface area contributed by atoms with E-state index in [0.29, 0.717) is 0 Å². The van der Waals surface area contributed by atoms with Gasteiger partial charge in [-0.2, -0.15) is 0 Å². The van der Waals surface area contributed by atoms with Crippen LogP contribution in [0.1, 0.15) is 11.1 Å². The maximum absolute atomic E-state index is 4.45. The highest BCUT2D eigenvalue weighted by molar-refractivity contribution is 14.0. The number of hydrogen-bond acceptors (Lipinski definition) is 5. The van der Waals surface area contributed by atoms with Crippen molar-refractivity contribution in [2.75, 3.05) is 53.4 Å². The van der Waals surface area contributed by atoms with Gasteiger partial charge in [0.15, 0.2) is 5.96 Å². The number of guanidine groups is 1. The summed E-state index contributed by atoms with van der Waals surface area (Å²) in [6.07, 6.45) is 0. The van der Waals surface area contributed by atoms with E-state index in [1.807, 2.05) is 0 Å². The van der Waals surface area contributed by atoms with Gasteiger partial charge in [-0.15, -0.1) is 24.0 Å². The van der Waals surface area contributed by atoms with Gasteiger partial charge in [0, 0.05) is 52.9 Å². The minimum Gasteiger partial charge on any atom is -0.352 e. The first kappa shape index (κ1) is 18.5. The van der Waals surface area contributed by atoms with E-state index in [1.165, 1.54) is 37.3 Å². The van der Waals surface area contributed by atoms with Gasteiger partial charge in [0.2, 0.25) is 0 Å². The Balaban J connectivity index is 0.00000192. The second-order valence-electron chi connectivity index (χ2n) is 6.38. The smallest absolute Gasteiger partial charge is 0.194 e. The Labute approximate surface area is 156 Å². The van der Waals surface area contributed by atoms with Crippen molar-refractivity contribution in [1.82, 2.24) is 20.0 Å². The third kappa shape index (κ3) is 5.32. The van der Waals surface area contributed by atoms with Gasteiger partial charge in [0.05, 0.1) is 6.54 Å². The highest BCUT2D eigenvalue weighted by atomic mass is 127. The zero-order chi connectivity index (χ0) is 15.4. The molecule has 0 bridgehead atoms. The molecule has 0 atom stereocenters. The number of nitrogens with one attached hydrogen (secondary N) is 1. The minimum atomic E-state index is 0. The zero-order valence-corrected chi connectivity index (χ0v) is 16.5. The molecule has 3 rings (SSSR count). The molecule has 0 unspecified atom stereocenters. The molecular weight excluding hydrogens is 401 g/mol. The van der Waals surface area contributed by atoms with Gasteiger partial charge in [-0.3, -0.25) is 9.89 Å². The number of hydrogen-bond donors (Lipinski definition) is 1. The van der Waals surface area contributed by atoms with Gasteiger partial charge in [-0.25, -0.2) is 0 Å². The van der Waals surface area contributed by atoms with Crippen LogP contribution in [0.2, 0.25) is 0 Å². The van der Waals surface area contributed by atoms with Crippen LogP contribution in [0.5, 0.6) is 0 Å². The van der Waals surface area contributed by atoms with Crippen molar-refractivity contribution < 1.29 is 0 Å². The Kier molecular flexibility index (Phi) is 7.10. The van der Waals surface area contributed by atoms with Crippen molar-refractivity contribution in [2.24, 2.45) is 4.99 Å². The molecule has 0 spiro atoms. The normalized spacial score (nSPS) is 19.4. The summed E-state index contributed by atoms with van der Waals surface area (Å²) < 4.78 is 0. The molecule has 1 saturated heterocycles. The van der Waals surface area contributed by atoms with Gasteiger partial charge >= 0.3 is 0 Å². The largest absolute Gasteiger partial charge is 0.352 e. The van der Waals surface area contributed by atoms with Crippen molar-refractivity contribution >= 4 is 29.9 Å². The molecule has 0 aliphatic carbocycles. The average molecular weight is 429 g/mol. The monoisotopic (exact) mass is 429 g/mol. The van der Waals surface area contributed by atoms with Crippen molar-refractivity contribution in [3.63, 3.8) is 0 Å². The Hall–Kier alpha value is -0.860. The number of piperazine rings is 1. The first-order valence-electron chi connectivity index (χ1n) is 8.19. The van der Waals surface area contributed by atoms with Crippen LogP contribution in [0, 0.1) is 0 Å². The first-order chi connectivity index (χ1) is 10.7. The average Bonchev–Trinajstić information content (AvgIpc) is 2.94. The van der Waals surface area contributed by atoms with Crippen molar-refractivity contribution in [1.29, 1.82) is 0 Å². The fourth-order valence-corrected chi connectivity index (χ4v) is 2.93. The first-order valence-corrected chi connectivity index (χ1v) is 8.19. The molecule has 2 heterocycles. The van der Waals surface area contributed by atoms with E-state index >= 15 is 0 Å². The zero-order valence-electron chi connectivity index (χ0n) is 14.2. The molecule has 5 nitrogen and oxygen atoms in total. The van der Waals surface area contributed by atoms with Crippen LogP contribution in [-0.4, -0.2) is 74.0 Å². The summed E-state index contributed by atoms with van der Waals surface area (Å²) in [5.41, 5.74) is 2.72. The number of benzene rings is 1. The van der Waals surface area contributed by atoms with Crippen LogP contribution < -0.4 is 5.32 Å². The molecule has 23 heavy (non-hydrogen) atoms. The van der Waals surface area contributed by atoms with E-state index in [1.54, 1.807) is 0 Å². The maximum atomic E-state index is 4.45. The van der Waals surface area contributed by atoms with Gasteiger partial charge in [0.25, 0.3) is 0 Å². The molecule has 2 aliphatic heterocycles. The summed E-state index contributed by atoms with van der Waals surface area (Å²) in [7, 11) is 4.28. The summed E-state index contributed by atoms with van der Waals surface area (Å²) in [5.74, 6) is 1.02. The lowest BCUT2D eigenvalue weighted by Gasteiger charge is -2.32. The van der Waals surface area contributed by atoms with Crippen molar-refractivity contribution in [2.45, 2.75) is 13.1 Å². The quantitative estimate of drug-likeness (QED) is 0.735. The highest BCUT2D eigenvalue weighted by Crippen LogP contribution is 2.10. The van der Waals surface area contributed by atoms with Crippen molar-refractivity contribution in [3.8, 4) is 0 Å². The number of nitrogens with zero attached hydrogens (tertiary/aromatic N) is 4. The van der Waals surface area contributed by atoms with Crippen LogP contribution in [0.4, 0.5) is 0 Å². The minimum absolute atomic E-state index is 0. The second kappa shape index (κ2) is 8.84. The summed E-state index contributed by atoms with van der Waals surface area (Å²) in [6.45, 7) is 8.54. The van der Waals surface area contributed by atoms with E-state index in [2.05, 4.69) is 63.4 Å². The summed E-state index contributed by atoms with van der Waals surface area (Å²) in [6, 6.07) is 8.98. The molecule has 0 radical (unpaired) electrons. The maximum Gasteiger partial charge on any atom is 0.194 e. The summed E-state index contributed by atoms with van der Waals surface area (Å²) in [4.78, 5) is 11.6. The van der Waals surface area contributed by atoms with Crippen LogP contribution in [0.3, 0.4) is 0 Å². The SMILES string of the molecule is CN1CCN(Cc2ccc(CNC3=NCCN3C)cc2)CC1.I. The molecule has 2 aliphatic rings. The molecule has 1 aromatic carbocycles. The molecule has 0 aromatic heterocycles. The highest BCUT2D eigenvalue weighted by Gasteiger charge is 2.14. The number of rotatable bonds is 4. The lowest BCUT2D eigenvalue weighted by atomic mass is 10.1. The number of halogens is 1. The Bertz CT molecular complexity index is 508. The molecular formula is C17H28IN5. The summed E-state index contributed by atoms with van der Waals surface area (Å²) in [5, 5.41) is 3.41. The third-order valence-corrected chi connectivity index (χ3v) is 4.53. The van der Waals surface area contributed by atoms with E-state index < -0.39 is 0 Å². The third-order valence-electron chi connectivity index (χ3n) is 4.53. The molecule has 1 N–H and O–H groups in total. The van der Waals surface area contributed by atoms with Gasteiger partial charge in [-0.05, 0) is 18.2 Å². The van der Waals surface area contributed by atoms with Gasteiger partial charge in [-0.1, -0.05) is 24.3 Å². The van der Waals surface area contributed by atoms with Crippen LogP contribution in [-0.2, 0) is 13.1 Å². The van der Waals surface area contributed by atoms with Crippen LogP contribution >= 0.6 is 24.0 Å². The lowest BCUT2D eigenvalue weighted by molar-refractivity contribution is 0.148.